The third kappa shape index (κ3) is 4.36. The summed E-state index contributed by atoms with van der Waals surface area (Å²) in [5.74, 6) is 0.905. The first kappa shape index (κ1) is 21.7. The molecule has 4 aliphatic rings. The van der Waals surface area contributed by atoms with Crippen LogP contribution in [0.2, 0.25) is 0 Å². The van der Waals surface area contributed by atoms with Gasteiger partial charge in [-0.05, 0) is 86.2 Å². The molecule has 5 rings (SSSR count). The SMILES string of the molecule is CN1CCC(C)(CC(=O)N2CCC3(CC2)CC3CNC(=O)N2Cc3ccncc3C2)CC1. The van der Waals surface area contributed by atoms with Crippen LogP contribution in [0.15, 0.2) is 18.5 Å². The number of fused-ring (bicyclic) bond motifs is 1. The lowest BCUT2D eigenvalue weighted by Gasteiger charge is -2.40. The monoisotopic (exact) mass is 439 g/mol. The fourth-order valence-corrected chi connectivity index (χ4v) is 6.03. The zero-order chi connectivity index (χ0) is 22.3. The van der Waals surface area contributed by atoms with Gasteiger partial charge < -0.3 is 20.0 Å². The number of piperidine rings is 2. The molecule has 1 N–H and O–H groups in total. The fourth-order valence-electron chi connectivity index (χ4n) is 6.03. The van der Waals surface area contributed by atoms with Crippen molar-refractivity contribution in [1.82, 2.24) is 25.0 Å². The van der Waals surface area contributed by atoms with Gasteiger partial charge in [-0.2, -0.15) is 0 Å². The summed E-state index contributed by atoms with van der Waals surface area (Å²) in [6.45, 7) is 8.33. The molecular formula is C25H37N5O2. The van der Waals surface area contributed by atoms with Crippen LogP contribution in [0.25, 0.3) is 0 Å². The maximum Gasteiger partial charge on any atom is 0.318 e. The molecule has 4 heterocycles. The maximum absolute atomic E-state index is 13.0. The number of urea groups is 1. The van der Waals surface area contributed by atoms with E-state index < -0.39 is 0 Å². The van der Waals surface area contributed by atoms with Gasteiger partial charge in [0.1, 0.15) is 0 Å². The van der Waals surface area contributed by atoms with Crippen molar-refractivity contribution in [1.29, 1.82) is 0 Å². The van der Waals surface area contributed by atoms with Gasteiger partial charge >= 0.3 is 6.03 Å². The van der Waals surface area contributed by atoms with Crippen molar-refractivity contribution >= 4 is 11.9 Å². The van der Waals surface area contributed by atoms with E-state index in [9.17, 15) is 9.59 Å². The smallest absolute Gasteiger partial charge is 0.318 e. The molecule has 1 unspecified atom stereocenters. The van der Waals surface area contributed by atoms with Gasteiger partial charge in [0.2, 0.25) is 5.91 Å². The number of carbonyl (C=O) groups excluding carboxylic acids is 2. The number of nitrogens with one attached hydrogen (secondary N) is 1. The molecule has 1 atom stereocenters. The van der Waals surface area contributed by atoms with E-state index in [1.165, 1.54) is 12.0 Å². The van der Waals surface area contributed by atoms with Crippen LogP contribution in [0.1, 0.15) is 56.6 Å². The minimum Gasteiger partial charge on any atom is -0.343 e. The number of likely N-dealkylation sites (tertiary alicyclic amines) is 2. The number of nitrogens with zero attached hydrogens (tertiary/aromatic N) is 4. The van der Waals surface area contributed by atoms with Gasteiger partial charge in [-0.25, -0.2) is 4.79 Å². The molecule has 7 heteroatoms. The number of amides is 3. The number of rotatable bonds is 4. The number of pyridine rings is 1. The molecule has 7 nitrogen and oxygen atoms in total. The predicted molar refractivity (Wildman–Crippen MR) is 123 cm³/mol. The molecule has 3 aliphatic heterocycles. The lowest BCUT2D eigenvalue weighted by molar-refractivity contribution is -0.135. The molecule has 32 heavy (non-hydrogen) atoms. The first-order chi connectivity index (χ1) is 15.4. The van der Waals surface area contributed by atoms with E-state index in [4.69, 9.17) is 0 Å². The van der Waals surface area contributed by atoms with Crippen molar-refractivity contribution in [3.05, 3.63) is 29.6 Å². The van der Waals surface area contributed by atoms with Crippen LogP contribution >= 0.6 is 0 Å². The average Bonchev–Trinajstić information content (AvgIpc) is 3.26. The normalized spacial score (nSPS) is 26.1. The number of hydrogen-bond acceptors (Lipinski definition) is 4. The second kappa shape index (κ2) is 8.32. The molecule has 0 aromatic carbocycles. The maximum atomic E-state index is 13.0. The van der Waals surface area contributed by atoms with Crippen molar-refractivity contribution in [2.45, 2.75) is 58.5 Å². The number of carbonyl (C=O) groups is 2. The van der Waals surface area contributed by atoms with E-state index in [-0.39, 0.29) is 11.4 Å². The second-order valence-corrected chi connectivity index (χ2v) is 11.1. The zero-order valence-corrected chi connectivity index (χ0v) is 19.6. The van der Waals surface area contributed by atoms with E-state index in [1.54, 1.807) is 6.20 Å². The molecule has 174 valence electrons. The highest BCUT2D eigenvalue weighted by Crippen LogP contribution is 2.59. The Hall–Kier alpha value is -2.15. The molecule has 3 amide bonds. The zero-order valence-electron chi connectivity index (χ0n) is 19.6. The number of hydrogen-bond donors (Lipinski definition) is 1. The first-order valence-corrected chi connectivity index (χ1v) is 12.3. The van der Waals surface area contributed by atoms with Crippen LogP contribution in [-0.2, 0) is 17.9 Å². The summed E-state index contributed by atoms with van der Waals surface area (Å²) in [6, 6.07) is 2.03. The van der Waals surface area contributed by atoms with E-state index >= 15 is 0 Å². The molecule has 1 aromatic heterocycles. The van der Waals surface area contributed by atoms with Crippen LogP contribution in [-0.4, -0.2) is 71.4 Å². The molecule has 0 bridgehead atoms. The Morgan fingerprint density at radius 2 is 1.78 bits per heavy atom. The van der Waals surface area contributed by atoms with E-state index in [2.05, 4.69) is 34.1 Å². The Morgan fingerprint density at radius 1 is 1.06 bits per heavy atom. The van der Waals surface area contributed by atoms with Gasteiger partial charge in [0, 0.05) is 51.5 Å². The van der Waals surface area contributed by atoms with Crippen LogP contribution in [0.3, 0.4) is 0 Å². The Kier molecular flexibility index (Phi) is 5.64. The Bertz CT molecular complexity index is 846. The van der Waals surface area contributed by atoms with Gasteiger partial charge in [0.25, 0.3) is 0 Å². The van der Waals surface area contributed by atoms with Gasteiger partial charge in [0.15, 0.2) is 0 Å². The molecule has 1 saturated carbocycles. The van der Waals surface area contributed by atoms with Crippen LogP contribution in [0.4, 0.5) is 4.79 Å². The van der Waals surface area contributed by atoms with Crippen molar-refractivity contribution in [2.24, 2.45) is 16.7 Å². The van der Waals surface area contributed by atoms with E-state index in [0.717, 1.165) is 64.0 Å². The van der Waals surface area contributed by atoms with Crippen molar-refractivity contribution in [3.8, 4) is 0 Å². The van der Waals surface area contributed by atoms with Gasteiger partial charge in [-0.15, -0.1) is 0 Å². The Morgan fingerprint density at radius 3 is 2.50 bits per heavy atom. The highest BCUT2D eigenvalue weighted by molar-refractivity contribution is 5.77. The lowest BCUT2D eigenvalue weighted by atomic mass is 9.77. The summed E-state index contributed by atoms with van der Waals surface area (Å²) in [5, 5.41) is 3.17. The van der Waals surface area contributed by atoms with Crippen molar-refractivity contribution < 1.29 is 9.59 Å². The van der Waals surface area contributed by atoms with E-state index in [1.807, 2.05) is 17.2 Å². The van der Waals surface area contributed by atoms with Crippen molar-refractivity contribution in [2.75, 3.05) is 39.8 Å². The molecule has 1 aliphatic carbocycles. The van der Waals surface area contributed by atoms with Crippen molar-refractivity contribution in [3.63, 3.8) is 0 Å². The standard InChI is InChI=1S/C25H37N5O2/c1-24(4-9-28(2)10-5-24)14-22(31)29-11-6-25(7-12-29)13-21(25)16-27-23(32)30-17-19-3-8-26-15-20(19)18-30/h3,8,15,21H,4-7,9-14,16-18H2,1-2H3,(H,27,32). The topological polar surface area (TPSA) is 68.8 Å². The van der Waals surface area contributed by atoms with Gasteiger partial charge in [-0.3, -0.25) is 9.78 Å². The predicted octanol–water partition coefficient (Wildman–Crippen LogP) is 2.86. The Balaban J connectivity index is 1.04. The molecule has 2 saturated heterocycles. The molecular weight excluding hydrogens is 402 g/mol. The summed E-state index contributed by atoms with van der Waals surface area (Å²) >= 11 is 0. The van der Waals surface area contributed by atoms with Crippen LogP contribution < -0.4 is 5.32 Å². The fraction of sp³-hybridized carbons (Fsp3) is 0.720. The second-order valence-electron chi connectivity index (χ2n) is 11.1. The molecule has 0 radical (unpaired) electrons. The highest BCUT2D eigenvalue weighted by Gasteiger charge is 2.55. The molecule has 1 aromatic rings. The molecule has 1 spiro atoms. The quantitative estimate of drug-likeness (QED) is 0.783. The minimum atomic E-state index is 0.0298. The Labute approximate surface area is 191 Å². The third-order valence-corrected chi connectivity index (χ3v) is 8.76. The summed E-state index contributed by atoms with van der Waals surface area (Å²) in [6.07, 6.45) is 9.94. The summed E-state index contributed by atoms with van der Waals surface area (Å²) < 4.78 is 0. The largest absolute Gasteiger partial charge is 0.343 e. The summed E-state index contributed by atoms with van der Waals surface area (Å²) in [4.78, 5) is 36.1. The van der Waals surface area contributed by atoms with Gasteiger partial charge in [0.05, 0.1) is 0 Å². The van der Waals surface area contributed by atoms with Crippen LogP contribution in [0.5, 0.6) is 0 Å². The first-order valence-electron chi connectivity index (χ1n) is 12.3. The minimum absolute atomic E-state index is 0.0298. The van der Waals surface area contributed by atoms with Crippen LogP contribution in [0, 0.1) is 16.7 Å². The third-order valence-electron chi connectivity index (χ3n) is 8.76. The number of aromatic nitrogens is 1. The highest BCUT2D eigenvalue weighted by atomic mass is 16.2. The van der Waals surface area contributed by atoms with E-state index in [0.29, 0.717) is 36.8 Å². The molecule has 3 fully saturated rings. The summed E-state index contributed by atoms with van der Waals surface area (Å²) in [7, 11) is 2.17. The lowest BCUT2D eigenvalue weighted by Crippen LogP contribution is -2.44. The summed E-state index contributed by atoms with van der Waals surface area (Å²) in [5.41, 5.74) is 2.86. The van der Waals surface area contributed by atoms with Gasteiger partial charge in [-0.1, -0.05) is 6.92 Å². The average molecular weight is 440 g/mol.